The lowest BCUT2D eigenvalue weighted by Gasteiger charge is -2.14. The Labute approximate surface area is 96.3 Å². The molecule has 1 aromatic heterocycles. The highest BCUT2D eigenvalue weighted by Crippen LogP contribution is 2.15. The van der Waals surface area contributed by atoms with Crippen LogP contribution in [0.15, 0.2) is 18.3 Å². The monoisotopic (exact) mass is 241 g/mol. The second kappa shape index (κ2) is 5.37. The van der Waals surface area contributed by atoms with Gasteiger partial charge in [0.1, 0.15) is 6.10 Å². The number of carboxylic acid groups (broad SMARTS) is 1. The van der Waals surface area contributed by atoms with E-state index in [2.05, 4.69) is 9.72 Å². The summed E-state index contributed by atoms with van der Waals surface area (Å²) in [6, 6.07) is 2.41. The van der Waals surface area contributed by atoms with E-state index in [-0.39, 0.29) is 11.3 Å². The Kier molecular flexibility index (Phi) is 4.13. The number of nitrogens with zero attached hydrogens (tertiary/aromatic N) is 1. The molecule has 17 heavy (non-hydrogen) atoms. The summed E-state index contributed by atoms with van der Waals surface area (Å²) < 4.78 is 4.25. The maximum atomic E-state index is 10.9. The average Bonchev–Trinajstić information content (AvgIpc) is 2.36. The number of aliphatic hydroxyl groups is 2. The molecule has 0 saturated heterocycles. The van der Waals surface area contributed by atoms with Crippen LogP contribution in [-0.4, -0.2) is 45.5 Å². The fraction of sp³-hybridized carbons (Fsp3) is 0.300. The minimum absolute atomic E-state index is 0.0205. The summed E-state index contributed by atoms with van der Waals surface area (Å²) >= 11 is 0. The van der Waals surface area contributed by atoms with Gasteiger partial charge in [0.25, 0.3) is 0 Å². The van der Waals surface area contributed by atoms with Gasteiger partial charge in [0.15, 0.2) is 6.10 Å². The predicted octanol–water partition coefficient (Wildman–Crippen LogP) is -0.653. The summed E-state index contributed by atoms with van der Waals surface area (Å²) in [5.74, 6) is -2.16. The molecule has 0 aliphatic rings. The molecule has 0 bridgehead atoms. The van der Waals surface area contributed by atoms with Crippen LogP contribution in [0, 0.1) is 0 Å². The first-order valence-corrected chi connectivity index (χ1v) is 4.60. The summed E-state index contributed by atoms with van der Waals surface area (Å²) in [5, 5.41) is 27.5. The number of hydrogen-bond acceptors (Lipinski definition) is 6. The van der Waals surface area contributed by atoms with E-state index in [4.69, 9.17) is 5.11 Å². The van der Waals surface area contributed by atoms with Gasteiger partial charge in [0.05, 0.1) is 18.4 Å². The molecule has 7 heteroatoms. The fourth-order valence-corrected chi connectivity index (χ4v) is 1.12. The normalized spacial score (nSPS) is 13.8. The van der Waals surface area contributed by atoms with Crippen molar-refractivity contribution in [3.63, 3.8) is 0 Å². The van der Waals surface area contributed by atoms with E-state index >= 15 is 0 Å². The molecule has 1 aromatic rings. The number of pyridine rings is 1. The molecule has 3 N–H and O–H groups in total. The van der Waals surface area contributed by atoms with Gasteiger partial charge >= 0.3 is 11.9 Å². The number of hydrogen-bond donors (Lipinski definition) is 3. The fourth-order valence-electron chi connectivity index (χ4n) is 1.12. The third-order valence-electron chi connectivity index (χ3n) is 2.08. The van der Waals surface area contributed by atoms with Crippen LogP contribution in [0.3, 0.4) is 0 Å². The van der Waals surface area contributed by atoms with Gasteiger partial charge in [-0.2, -0.15) is 0 Å². The van der Waals surface area contributed by atoms with Crippen molar-refractivity contribution in [3.8, 4) is 0 Å². The molecule has 2 unspecified atom stereocenters. The van der Waals surface area contributed by atoms with Crippen molar-refractivity contribution in [2.45, 2.75) is 12.2 Å². The number of aliphatic hydroxyl groups excluding tert-OH is 2. The van der Waals surface area contributed by atoms with Gasteiger partial charge in [-0.15, -0.1) is 0 Å². The number of aromatic carboxylic acids is 1. The summed E-state index contributed by atoms with van der Waals surface area (Å²) in [7, 11) is 1.07. The summed E-state index contributed by atoms with van der Waals surface area (Å²) in [5.41, 5.74) is -0.0820. The summed E-state index contributed by atoms with van der Waals surface area (Å²) in [6.07, 6.45) is -2.31. The van der Waals surface area contributed by atoms with Crippen molar-refractivity contribution in [3.05, 3.63) is 29.6 Å². The standard InChI is InChI=1S/C10H11NO6/c1-17-10(16)8(13)7(12)6-3-2-5(4-11-6)9(14)15/h2-4,7-8,12-13H,1H3,(H,14,15). The van der Waals surface area contributed by atoms with Gasteiger partial charge in [-0.05, 0) is 12.1 Å². The second-order valence-electron chi connectivity index (χ2n) is 3.19. The largest absolute Gasteiger partial charge is 0.478 e. The molecule has 1 rings (SSSR count). The molecule has 0 spiro atoms. The van der Waals surface area contributed by atoms with Crippen LogP contribution in [0.4, 0.5) is 0 Å². The van der Waals surface area contributed by atoms with Crippen LogP contribution in [-0.2, 0) is 9.53 Å². The number of methoxy groups -OCH3 is 1. The lowest BCUT2D eigenvalue weighted by molar-refractivity contribution is -0.157. The topological polar surface area (TPSA) is 117 Å². The number of carbonyl (C=O) groups is 2. The lowest BCUT2D eigenvalue weighted by atomic mass is 10.1. The predicted molar refractivity (Wildman–Crippen MR) is 54.2 cm³/mol. The Morgan fingerprint density at radius 3 is 2.41 bits per heavy atom. The van der Waals surface area contributed by atoms with Crippen molar-refractivity contribution < 1.29 is 29.6 Å². The summed E-state index contributed by atoms with van der Waals surface area (Å²) in [6.45, 7) is 0. The summed E-state index contributed by atoms with van der Waals surface area (Å²) in [4.78, 5) is 25.1. The zero-order valence-electron chi connectivity index (χ0n) is 8.90. The van der Waals surface area contributed by atoms with E-state index in [1.807, 2.05) is 0 Å². The first-order chi connectivity index (χ1) is 7.97. The van der Waals surface area contributed by atoms with Crippen molar-refractivity contribution in [1.82, 2.24) is 4.98 Å². The van der Waals surface area contributed by atoms with E-state index < -0.39 is 24.1 Å². The molecular formula is C10H11NO6. The zero-order chi connectivity index (χ0) is 13.0. The van der Waals surface area contributed by atoms with Crippen LogP contribution >= 0.6 is 0 Å². The molecule has 0 aromatic carbocycles. The Balaban J connectivity index is 2.86. The first-order valence-electron chi connectivity index (χ1n) is 4.60. The Morgan fingerprint density at radius 1 is 1.35 bits per heavy atom. The Morgan fingerprint density at radius 2 is 2.00 bits per heavy atom. The molecule has 7 nitrogen and oxygen atoms in total. The first kappa shape index (κ1) is 13.1. The van der Waals surface area contributed by atoms with Gasteiger partial charge in [-0.3, -0.25) is 4.98 Å². The maximum absolute atomic E-state index is 10.9. The highest BCUT2D eigenvalue weighted by molar-refractivity contribution is 5.87. The number of carbonyl (C=O) groups excluding carboxylic acids is 1. The number of carboxylic acids is 1. The molecule has 0 aliphatic carbocycles. The molecule has 0 fully saturated rings. The number of ether oxygens (including phenoxy) is 1. The van der Waals surface area contributed by atoms with Crippen molar-refractivity contribution >= 4 is 11.9 Å². The second-order valence-corrected chi connectivity index (χ2v) is 3.19. The van der Waals surface area contributed by atoms with Gasteiger partial charge in [0.2, 0.25) is 0 Å². The molecule has 0 aliphatic heterocycles. The van der Waals surface area contributed by atoms with Crippen LogP contribution in [0.5, 0.6) is 0 Å². The smallest absolute Gasteiger partial charge is 0.337 e. The van der Waals surface area contributed by atoms with E-state index in [1.165, 1.54) is 12.1 Å². The van der Waals surface area contributed by atoms with Gasteiger partial charge in [-0.1, -0.05) is 0 Å². The Bertz CT molecular complexity index is 415. The number of aromatic nitrogens is 1. The average molecular weight is 241 g/mol. The number of esters is 1. The molecule has 92 valence electrons. The van der Waals surface area contributed by atoms with E-state index in [9.17, 15) is 19.8 Å². The van der Waals surface area contributed by atoms with E-state index in [1.54, 1.807) is 0 Å². The van der Waals surface area contributed by atoms with Crippen molar-refractivity contribution in [2.24, 2.45) is 0 Å². The van der Waals surface area contributed by atoms with Gasteiger partial charge < -0.3 is 20.1 Å². The molecule has 2 atom stereocenters. The van der Waals surface area contributed by atoms with Crippen LogP contribution < -0.4 is 0 Å². The van der Waals surface area contributed by atoms with Gasteiger partial charge in [0, 0.05) is 6.20 Å². The molecule has 0 saturated carbocycles. The third kappa shape index (κ3) is 2.99. The van der Waals surface area contributed by atoms with Crippen molar-refractivity contribution in [1.29, 1.82) is 0 Å². The van der Waals surface area contributed by atoms with Crippen LogP contribution in [0.25, 0.3) is 0 Å². The maximum Gasteiger partial charge on any atom is 0.337 e. The highest BCUT2D eigenvalue weighted by atomic mass is 16.5. The molecule has 1 heterocycles. The number of rotatable bonds is 4. The molecule has 0 radical (unpaired) electrons. The Hall–Kier alpha value is -1.99. The molecular weight excluding hydrogens is 230 g/mol. The lowest BCUT2D eigenvalue weighted by Crippen LogP contribution is -2.29. The highest BCUT2D eigenvalue weighted by Gasteiger charge is 2.27. The van der Waals surface area contributed by atoms with Crippen LogP contribution in [0.2, 0.25) is 0 Å². The quantitative estimate of drug-likeness (QED) is 0.599. The van der Waals surface area contributed by atoms with E-state index in [0.717, 1.165) is 13.3 Å². The van der Waals surface area contributed by atoms with Crippen LogP contribution in [0.1, 0.15) is 22.2 Å². The van der Waals surface area contributed by atoms with Crippen molar-refractivity contribution in [2.75, 3.05) is 7.11 Å². The third-order valence-corrected chi connectivity index (χ3v) is 2.08. The zero-order valence-corrected chi connectivity index (χ0v) is 8.90. The molecule has 0 amide bonds. The minimum atomic E-state index is -1.76. The SMILES string of the molecule is COC(=O)C(O)C(O)c1ccc(C(=O)O)cn1. The minimum Gasteiger partial charge on any atom is -0.478 e. The van der Waals surface area contributed by atoms with Gasteiger partial charge in [-0.25, -0.2) is 9.59 Å². The van der Waals surface area contributed by atoms with E-state index in [0.29, 0.717) is 0 Å².